The molecule has 1 atom stereocenters. The highest BCUT2D eigenvalue weighted by Gasteiger charge is 2.28. The van der Waals surface area contributed by atoms with Crippen LogP contribution in [-0.2, 0) is 4.74 Å². The summed E-state index contributed by atoms with van der Waals surface area (Å²) in [6.45, 7) is 3.02. The van der Waals surface area contributed by atoms with E-state index in [1.54, 1.807) is 7.11 Å². The van der Waals surface area contributed by atoms with Gasteiger partial charge in [-0.15, -0.1) is 0 Å². The van der Waals surface area contributed by atoms with E-state index in [0.717, 1.165) is 36.6 Å². The van der Waals surface area contributed by atoms with Crippen LogP contribution < -0.4 is 5.32 Å². The van der Waals surface area contributed by atoms with Gasteiger partial charge < -0.3 is 10.1 Å². The van der Waals surface area contributed by atoms with Gasteiger partial charge in [0, 0.05) is 36.8 Å². The average Bonchev–Trinajstić information content (AvgIpc) is 3.29. The van der Waals surface area contributed by atoms with Gasteiger partial charge in [-0.25, -0.2) is 0 Å². The van der Waals surface area contributed by atoms with Crippen LogP contribution in [0.5, 0.6) is 0 Å². The zero-order chi connectivity index (χ0) is 14.4. The quantitative estimate of drug-likeness (QED) is 0.746. The first-order valence-corrected chi connectivity index (χ1v) is 8.19. The number of halogens is 1. The topological polar surface area (TPSA) is 24.5 Å². The van der Waals surface area contributed by atoms with Crippen LogP contribution in [0, 0.1) is 0 Å². The van der Waals surface area contributed by atoms with Crippen LogP contribution in [0.15, 0.2) is 28.7 Å². The number of hydrogen-bond acceptors (Lipinski definition) is 3. The molecule has 0 amide bonds. The minimum Gasteiger partial charge on any atom is -0.383 e. The molecular weight excluding hydrogens is 316 g/mol. The largest absolute Gasteiger partial charge is 0.383 e. The van der Waals surface area contributed by atoms with Crippen LogP contribution in [0.4, 0.5) is 0 Å². The third-order valence-electron chi connectivity index (χ3n) is 3.97. The van der Waals surface area contributed by atoms with E-state index in [1.807, 2.05) is 7.05 Å². The molecule has 1 aromatic rings. The first-order valence-electron chi connectivity index (χ1n) is 7.40. The SMILES string of the molecule is CNC(CCN(CCOC)C1CC1)c1ccc(Br)cc1. The van der Waals surface area contributed by atoms with Crippen molar-refractivity contribution in [3.05, 3.63) is 34.3 Å². The average molecular weight is 341 g/mol. The Morgan fingerprint density at radius 3 is 2.55 bits per heavy atom. The van der Waals surface area contributed by atoms with E-state index in [2.05, 4.69) is 50.4 Å². The van der Waals surface area contributed by atoms with Gasteiger partial charge in [0.05, 0.1) is 6.61 Å². The summed E-state index contributed by atoms with van der Waals surface area (Å²) in [4.78, 5) is 2.58. The Balaban J connectivity index is 1.87. The number of benzene rings is 1. The van der Waals surface area contributed by atoms with Crippen molar-refractivity contribution in [1.29, 1.82) is 0 Å². The van der Waals surface area contributed by atoms with E-state index in [9.17, 15) is 0 Å². The minimum absolute atomic E-state index is 0.423. The maximum atomic E-state index is 5.22. The van der Waals surface area contributed by atoms with Crippen molar-refractivity contribution in [2.24, 2.45) is 0 Å². The van der Waals surface area contributed by atoms with Crippen molar-refractivity contribution in [3.63, 3.8) is 0 Å². The van der Waals surface area contributed by atoms with E-state index in [-0.39, 0.29) is 0 Å². The first-order chi connectivity index (χ1) is 9.74. The molecule has 1 aliphatic carbocycles. The monoisotopic (exact) mass is 340 g/mol. The van der Waals surface area contributed by atoms with Gasteiger partial charge >= 0.3 is 0 Å². The zero-order valence-corrected chi connectivity index (χ0v) is 14.0. The Morgan fingerprint density at radius 1 is 1.30 bits per heavy atom. The molecule has 0 aliphatic heterocycles. The second-order valence-electron chi connectivity index (χ2n) is 5.44. The lowest BCUT2D eigenvalue weighted by molar-refractivity contribution is 0.140. The van der Waals surface area contributed by atoms with Crippen molar-refractivity contribution >= 4 is 15.9 Å². The normalized spacial score (nSPS) is 16.6. The molecule has 112 valence electrons. The van der Waals surface area contributed by atoms with Crippen LogP contribution in [0.3, 0.4) is 0 Å². The summed E-state index contributed by atoms with van der Waals surface area (Å²) in [5, 5.41) is 3.44. The van der Waals surface area contributed by atoms with Crippen LogP contribution in [-0.4, -0.2) is 44.8 Å². The number of methoxy groups -OCH3 is 1. The minimum atomic E-state index is 0.423. The van der Waals surface area contributed by atoms with Crippen molar-refractivity contribution in [2.45, 2.75) is 31.3 Å². The zero-order valence-electron chi connectivity index (χ0n) is 12.4. The summed E-state index contributed by atoms with van der Waals surface area (Å²) in [6, 6.07) is 9.84. The highest BCUT2D eigenvalue weighted by Crippen LogP contribution is 2.28. The molecule has 2 rings (SSSR count). The fourth-order valence-corrected chi connectivity index (χ4v) is 2.86. The van der Waals surface area contributed by atoms with Crippen molar-refractivity contribution < 1.29 is 4.74 Å². The van der Waals surface area contributed by atoms with Crippen LogP contribution in [0.25, 0.3) is 0 Å². The number of hydrogen-bond donors (Lipinski definition) is 1. The summed E-state index contributed by atoms with van der Waals surface area (Å²) >= 11 is 3.49. The van der Waals surface area contributed by atoms with Gasteiger partial charge in [-0.05, 0) is 44.0 Å². The van der Waals surface area contributed by atoms with E-state index in [0.29, 0.717) is 6.04 Å². The molecule has 1 fully saturated rings. The molecule has 20 heavy (non-hydrogen) atoms. The summed E-state index contributed by atoms with van der Waals surface area (Å²) < 4.78 is 6.35. The standard InChI is InChI=1S/C16H25BrN2O/c1-18-16(13-3-5-14(17)6-4-13)9-10-19(11-12-20-2)15-7-8-15/h3-6,15-16,18H,7-12H2,1-2H3. The van der Waals surface area contributed by atoms with Gasteiger partial charge in [0.25, 0.3) is 0 Å². The maximum absolute atomic E-state index is 5.22. The molecule has 0 spiro atoms. The van der Waals surface area contributed by atoms with Gasteiger partial charge in [-0.2, -0.15) is 0 Å². The Labute approximate surface area is 130 Å². The molecule has 0 aromatic heterocycles. The summed E-state index contributed by atoms with van der Waals surface area (Å²) in [5.41, 5.74) is 1.36. The van der Waals surface area contributed by atoms with Gasteiger partial charge in [0.1, 0.15) is 0 Å². The van der Waals surface area contributed by atoms with Gasteiger partial charge in [-0.1, -0.05) is 28.1 Å². The molecule has 4 heteroatoms. The first kappa shape index (κ1) is 16.0. The summed E-state index contributed by atoms with van der Waals surface area (Å²) in [6.07, 6.45) is 3.84. The van der Waals surface area contributed by atoms with E-state index >= 15 is 0 Å². The van der Waals surface area contributed by atoms with Crippen LogP contribution in [0.1, 0.15) is 30.9 Å². The van der Waals surface area contributed by atoms with E-state index in [4.69, 9.17) is 4.74 Å². The van der Waals surface area contributed by atoms with E-state index < -0.39 is 0 Å². The molecule has 0 heterocycles. The maximum Gasteiger partial charge on any atom is 0.0589 e. The Morgan fingerprint density at radius 2 is 2.00 bits per heavy atom. The fourth-order valence-electron chi connectivity index (χ4n) is 2.59. The smallest absolute Gasteiger partial charge is 0.0589 e. The Bertz CT molecular complexity index is 392. The molecule has 1 saturated carbocycles. The molecule has 1 unspecified atom stereocenters. The molecule has 0 saturated heterocycles. The molecule has 3 nitrogen and oxygen atoms in total. The second kappa shape index (κ2) is 8.13. The lowest BCUT2D eigenvalue weighted by Gasteiger charge is -2.25. The lowest BCUT2D eigenvalue weighted by atomic mass is 10.0. The Hall–Kier alpha value is -0.420. The number of ether oxygens (including phenoxy) is 1. The van der Waals surface area contributed by atoms with Gasteiger partial charge in [-0.3, -0.25) is 4.90 Å². The molecule has 1 aromatic carbocycles. The second-order valence-corrected chi connectivity index (χ2v) is 6.36. The predicted molar refractivity (Wildman–Crippen MR) is 87.0 cm³/mol. The molecule has 1 aliphatic rings. The van der Waals surface area contributed by atoms with Crippen molar-refractivity contribution in [3.8, 4) is 0 Å². The third-order valence-corrected chi connectivity index (χ3v) is 4.50. The number of nitrogens with zero attached hydrogens (tertiary/aromatic N) is 1. The Kier molecular flexibility index (Phi) is 6.49. The highest BCUT2D eigenvalue weighted by atomic mass is 79.9. The molecule has 0 bridgehead atoms. The molecular formula is C16H25BrN2O. The summed E-state index contributed by atoms with van der Waals surface area (Å²) in [5.74, 6) is 0. The predicted octanol–water partition coefficient (Wildman–Crippen LogP) is 3.21. The number of rotatable bonds is 9. The van der Waals surface area contributed by atoms with Crippen LogP contribution in [0.2, 0.25) is 0 Å². The van der Waals surface area contributed by atoms with E-state index in [1.165, 1.54) is 18.4 Å². The molecule has 1 N–H and O–H groups in total. The fraction of sp³-hybridized carbons (Fsp3) is 0.625. The number of nitrogens with one attached hydrogen (secondary N) is 1. The van der Waals surface area contributed by atoms with Crippen molar-refractivity contribution in [1.82, 2.24) is 10.2 Å². The lowest BCUT2D eigenvalue weighted by Crippen LogP contribution is -2.33. The van der Waals surface area contributed by atoms with Gasteiger partial charge in [0.2, 0.25) is 0 Å². The van der Waals surface area contributed by atoms with Crippen molar-refractivity contribution in [2.75, 3.05) is 33.9 Å². The highest BCUT2D eigenvalue weighted by molar-refractivity contribution is 9.10. The molecule has 0 radical (unpaired) electrons. The summed E-state index contributed by atoms with van der Waals surface area (Å²) in [7, 11) is 3.83. The van der Waals surface area contributed by atoms with Crippen LogP contribution >= 0.6 is 15.9 Å². The third kappa shape index (κ3) is 4.85. The van der Waals surface area contributed by atoms with Gasteiger partial charge in [0.15, 0.2) is 0 Å².